The van der Waals surface area contributed by atoms with Crippen LogP contribution >= 0.6 is 0 Å². The summed E-state index contributed by atoms with van der Waals surface area (Å²) in [7, 11) is 1.58. The minimum atomic E-state index is -0.194. The summed E-state index contributed by atoms with van der Waals surface area (Å²) < 4.78 is 5.37. The van der Waals surface area contributed by atoms with Crippen LogP contribution < -0.4 is 10.6 Å². The number of nitrogens with one attached hydrogen (secondary N) is 2. The molecule has 0 saturated carbocycles. The monoisotopic (exact) mass is 249 g/mol. The van der Waals surface area contributed by atoms with E-state index in [2.05, 4.69) is 22.2 Å². The molecule has 18 heavy (non-hydrogen) atoms. The van der Waals surface area contributed by atoms with E-state index in [0.717, 1.165) is 12.1 Å². The van der Waals surface area contributed by atoms with E-state index in [0.29, 0.717) is 25.5 Å². The fourth-order valence-corrected chi connectivity index (χ4v) is 1.33. The molecule has 0 radical (unpaired) electrons. The molecular formula is C13H19N3O2. The number of carbonyl (C=O) groups excluding carboxylic acids is 1. The van der Waals surface area contributed by atoms with E-state index in [9.17, 15) is 4.79 Å². The quantitative estimate of drug-likeness (QED) is 0.540. The van der Waals surface area contributed by atoms with Crippen LogP contribution in [0.25, 0.3) is 0 Å². The predicted molar refractivity (Wildman–Crippen MR) is 71.7 cm³/mol. The van der Waals surface area contributed by atoms with Crippen molar-refractivity contribution in [1.82, 2.24) is 10.3 Å². The zero-order valence-electron chi connectivity index (χ0n) is 10.6. The van der Waals surface area contributed by atoms with Crippen LogP contribution in [0, 0.1) is 0 Å². The molecule has 0 aliphatic rings. The molecule has 2 N–H and O–H groups in total. The van der Waals surface area contributed by atoms with Crippen LogP contribution in [-0.2, 0) is 4.74 Å². The van der Waals surface area contributed by atoms with E-state index < -0.39 is 0 Å². The number of hydrogen-bond acceptors (Lipinski definition) is 4. The highest BCUT2D eigenvalue weighted by Gasteiger charge is 2.04. The summed E-state index contributed by atoms with van der Waals surface area (Å²) in [4.78, 5) is 15.4. The lowest BCUT2D eigenvalue weighted by Crippen LogP contribution is -2.19. The lowest BCUT2D eigenvalue weighted by atomic mass is 10.3. The number of amides is 1. The van der Waals surface area contributed by atoms with Crippen molar-refractivity contribution in [3.63, 3.8) is 0 Å². The summed E-state index contributed by atoms with van der Waals surface area (Å²) in [6.45, 7) is 5.61. The highest BCUT2D eigenvalue weighted by atomic mass is 16.5. The molecule has 0 saturated heterocycles. The SMILES string of the molecule is C=CCCOCCNc1ccnc(C(=O)NC)c1. The Labute approximate surface area is 107 Å². The Morgan fingerprint density at radius 2 is 2.39 bits per heavy atom. The molecule has 0 unspecified atom stereocenters. The third-order valence-electron chi connectivity index (χ3n) is 2.26. The fraction of sp³-hybridized carbons (Fsp3) is 0.385. The second kappa shape index (κ2) is 8.25. The first kappa shape index (κ1) is 14.2. The molecule has 0 atom stereocenters. The predicted octanol–water partition coefficient (Wildman–Crippen LogP) is 1.45. The van der Waals surface area contributed by atoms with E-state index in [1.807, 2.05) is 12.1 Å². The van der Waals surface area contributed by atoms with Gasteiger partial charge < -0.3 is 15.4 Å². The van der Waals surface area contributed by atoms with Gasteiger partial charge in [0.1, 0.15) is 5.69 Å². The van der Waals surface area contributed by atoms with Gasteiger partial charge in [-0.15, -0.1) is 6.58 Å². The average molecular weight is 249 g/mol. The van der Waals surface area contributed by atoms with Gasteiger partial charge >= 0.3 is 0 Å². The van der Waals surface area contributed by atoms with Crippen LogP contribution in [0.1, 0.15) is 16.9 Å². The highest BCUT2D eigenvalue weighted by molar-refractivity contribution is 5.92. The van der Waals surface area contributed by atoms with E-state index in [-0.39, 0.29) is 5.91 Å². The highest BCUT2D eigenvalue weighted by Crippen LogP contribution is 2.07. The number of pyridine rings is 1. The molecule has 0 spiro atoms. The number of carbonyl (C=O) groups is 1. The first-order chi connectivity index (χ1) is 8.77. The van der Waals surface area contributed by atoms with Gasteiger partial charge in [-0.05, 0) is 18.6 Å². The fourth-order valence-electron chi connectivity index (χ4n) is 1.33. The van der Waals surface area contributed by atoms with E-state index in [1.54, 1.807) is 19.3 Å². The Morgan fingerprint density at radius 1 is 1.56 bits per heavy atom. The number of anilines is 1. The lowest BCUT2D eigenvalue weighted by molar-refractivity contribution is 0.0958. The van der Waals surface area contributed by atoms with Crippen LogP contribution in [0.4, 0.5) is 5.69 Å². The Balaban J connectivity index is 2.33. The van der Waals surface area contributed by atoms with Crippen LogP contribution in [0.15, 0.2) is 31.0 Å². The first-order valence-electron chi connectivity index (χ1n) is 5.88. The number of ether oxygens (including phenoxy) is 1. The standard InChI is InChI=1S/C13H19N3O2/c1-3-4-8-18-9-7-15-11-5-6-16-12(10-11)13(17)14-2/h3,5-6,10H,1,4,7-9H2,2H3,(H,14,17)(H,15,16). The van der Waals surface area contributed by atoms with Crippen molar-refractivity contribution < 1.29 is 9.53 Å². The summed E-state index contributed by atoms with van der Waals surface area (Å²) in [6, 6.07) is 3.53. The van der Waals surface area contributed by atoms with Crippen molar-refractivity contribution in [2.75, 3.05) is 32.1 Å². The molecule has 0 fully saturated rings. The zero-order chi connectivity index (χ0) is 13.2. The molecule has 1 aromatic rings. The smallest absolute Gasteiger partial charge is 0.269 e. The molecule has 5 nitrogen and oxygen atoms in total. The van der Waals surface area contributed by atoms with Crippen molar-refractivity contribution in [3.05, 3.63) is 36.7 Å². The second-order valence-corrected chi connectivity index (χ2v) is 3.63. The van der Waals surface area contributed by atoms with Gasteiger partial charge in [0.25, 0.3) is 5.91 Å². The van der Waals surface area contributed by atoms with Gasteiger partial charge in [0.2, 0.25) is 0 Å². The summed E-state index contributed by atoms with van der Waals surface area (Å²) in [5.74, 6) is -0.194. The molecule has 1 amide bonds. The first-order valence-corrected chi connectivity index (χ1v) is 5.88. The number of hydrogen-bond donors (Lipinski definition) is 2. The minimum absolute atomic E-state index is 0.194. The molecule has 1 aromatic heterocycles. The third-order valence-corrected chi connectivity index (χ3v) is 2.26. The summed E-state index contributed by atoms with van der Waals surface area (Å²) >= 11 is 0. The topological polar surface area (TPSA) is 63.2 Å². The van der Waals surface area contributed by atoms with Gasteiger partial charge in [-0.1, -0.05) is 6.08 Å². The molecule has 98 valence electrons. The molecule has 5 heteroatoms. The molecule has 0 aromatic carbocycles. The minimum Gasteiger partial charge on any atom is -0.383 e. The number of rotatable bonds is 8. The van der Waals surface area contributed by atoms with Crippen LogP contribution in [-0.4, -0.2) is 37.7 Å². The second-order valence-electron chi connectivity index (χ2n) is 3.63. The van der Waals surface area contributed by atoms with Crippen LogP contribution in [0.2, 0.25) is 0 Å². The molecule has 1 rings (SSSR count). The lowest BCUT2D eigenvalue weighted by Gasteiger charge is -2.07. The summed E-state index contributed by atoms with van der Waals surface area (Å²) in [5, 5.41) is 5.71. The normalized spacial score (nSPS) is 9.83. The van der Waals surface area contributed by atoms with Crippen molar-refractivity contribution >= 4 is 11.6 Å². The number of nitrogens with zero attached hydrogens (tertiary/aromatic N) is 1. The Morgan fingerprint density at radius 3 is 3.11 bits per heavy atom. The van der Waals surface area contributed by atoms with Crippen molar-refractivity contribution in [2.45, 2.75) is 6.42 Å². The molecule has 1 heterocycles. The largest absolute Gasteiger partial charge is 0.383 e. The Hall–Kier alpha value is -1.88. The number of aromatic nitrogens is 1. The molecule has 0 bridgehead atoms. The van der Waals surface area contributed by atoms with E-state index >= 15 is 0 Å². The van der Waals surface area contributed by atoms with E-state index in [4.69, 9.17) is 4.74 Å². The van der Waals surface area contributed by atoms with Gasteiger partial charge in [-0.2, -0.15) is 0 Å². The average Bonchev–Trinajstić information content (AvgIpc) is 2.42. The maximum Gasteiger partial charge on any atom is 0.269 e. The third kappa shape index (κ3) is 4.97. The maximum atomic E-state index is 11.4. The Bertz CT molecular complexity index is 394. The molecule has 0 aliphatic heterocycles. The van der Waals surface area contributed by atoms with Gasteiger partial charge in [-0.3, -0.25) is 9.78 Å². The summed E-state index contributed by atoms with van der Waals surface area (Å²) in [6.07, 6.45) is 4.29. The van der Waals surface area contributed by atoms with Crippen molar-refractivity contribution in [3.8, 4) is 0 Å². The van der Waals surface area contributed by atoms with Gasteiger partial charge in [0.15, 0.2) is 0 Å². The van der Waals surface area contributed by atoms with Crippen molar-refractivity contribution in [2.24, 2.45) is 0 Å². The molecule has 0 aliphatic carbocycles. The van der Waals surface area contributed by atoms with Gasteiger partial charge in [0.05, 0.1) is 13.2 Å². The van der Waals surface area contributed by atoms with Crippen LogP contribution in [0.5, 0.6) is 0 Å². The zero-order valence-corrected chi connectivity index (χ0v) is 10.6. The van der Waals surface area contributed by atoms with Crippen molar-refractivity contribution in [1.29, 1.82) is 0 Å². The Kier molecular flexibility index (Phi) is 6.50. The molecular weight excluding hydrogens is 230 g/mol. The van der Waals surface area contributed by atoms with Gasteiger partial charge in [-0.25, -0.2) is 0 Å². The maximum absolute atomic E-state index is 11.4. The van der Waals surface area contributed by atoms with Gasteiger partial charge in [0, 0.05) is 25.5 Å². The summed E-state index contributed by atoms with van der Waals surface area (Å²) in [5.41, 5.74) is 1.26. The van der Waals surface area contributed by atoms with Crippen LogP contribution in [0.3, 0.4) is 0 Å². The van der Waals surface area contributed by atoms with E-state index in [1.165, 1.54) is 0 Å².